The van der Waals surface area contributed by atoms with Crippen LogP contribution in [-0.2, 0) is 27.7 Å². The third kappa shape index (κ3) is 5.32. The number of amides is 2. The average Bonchev–Trinajstić information content (AvgIpc) is 3.78. The summed E-state index contributed by atoms with van der Waals surface area (Å²) in [6.07, 6.45) is 9.37. The minimum absolute atomic E-state index is 0.00973. The van der Waals surface area contributed by atoms with Gasteiger partial charge < -0.3 is 16.0 Å². The first-order valence-electron chi connectivity index (χ1n) is 13.5. The molecule has 1 saturated heterocycles. The van der Waals surface area contributed by atoms with Crippen molar-refractivity contribution >= 4 is 44.1 Å². The first kappa shape index (κ1) is 25.8. The number of rotatable bonds is 9. The molecule has 0 aromatic carbocycles. The van der Waals surface area contributed by atoms with Gasteiger partial charge in [0.25, 0.3) is 5.91 Å². The van der Waals surface area contributed by atoms with E-state index in [0.29, 0.717) is 48.5 Å². The zero-order chi connectivity index (χ0) is 26.6. The normalized spacial score (nSPS) is 25.7. The van der Waals surface area contributed by atoms with E-state index in [0.717, 1.165) is 49.0 Å². The largest absolute Gasteiger partial charge is 0.352 e. The quantitative estimate of drug-likeness (QED) is 0.427. The Morgan fingerprint density at radius 1 is 1.16 bits per heavy atom. The van der Waals surface area contributed by atoms with Gasteiger partial charge in [-0.3, -0.25) is 14.2 Å². The van der Waals surface area contributed by atoms with Gasteiger partial charge in [0.05, 0.1) is 11.8 Å². The molecule has 13 heteroatoms. The average molecular weight is 562 g/mol. The van der Waals surface area contributed by atoms with Gasteiger partial charge in [-0.1, -0.05) is 6.92 Å². The Hall–Kier alpha value is -2.51. The maximum Gasteiger partial charge on any atom is 0.254 e. The number of aromatic nitrogens is 3. The van der Waals surface area contributed by atoms with Crippen LogP contribution in [0.1, 0.15) is 65.9 Å². The zero-order valence-corrected chi connectivity index (χ0v) is 23.4. The second-order valence-corrected chi connectivity index (χ2v) is 14.5. The summed E-state index contributed by atoms with van der Waals surface area (Å²) in [5, 5.41) is 18.8. The first-order valence-corrected chi connectivity index (χ1v) is 16.2. The van der Waals surface area contributed by atoms with Crippen molar-refractivity contribution in [2.75, 3.05) is 36.5 Å². The second-order valence-electron chi connectivity index (χ2n) is 11.4. The van der Waals surface area contributed by atoms with Gasteiger partial charge in [-0.2, -0.15) is 4.31 Å². The smallest absolute Gasteiger partial charge is 0.254 e. The highest BCUT2D eigenvalue weighted by Gasteiger charge is 2.37. The maximum absolute atomic E-state index is 13.4. The van der Waals surface area contributed by atoms with Crippen molar-refractivity contribution in [2.24, 2.45) is 17.8 Å². The van der Waals surface area contributed by atoms with E-state index < -0.39 is 10.0 Å². The molecule has 3 atom stereocenters. The molecule has 3 heterocycles. The van der Waals surface area contributed by atoms with Crippen molar-refractivity contribution in [3.8, 4) is 0 Å². The van der Waals surface area contributed by atoms with Crippen LogP contribution in [0.5, 0.6) is 0 Å². The topological polar surface area (TPSA) is 138 Å². The summed E-state index contributed by atoms with van der Waals surface area (Å²) in [6.45, 7) is 3.57. The van der Waals surface area contributed by atoms with Crippen LogP contribution in [0.3, 0.4) is 0 Å². The predicted octanol–water partition coefficient (Wildman–Crippen LogP) is 2.25. The molecule has 0 radical (unpaired) electrons. The molecule has 38 heavy (non-hydrogen) atoms. The van der Waals surface area contributed by atoms with Crippen molar-refractivity contribution in [3.05, 3.63) is 22.3 Å². The summed E-state index contributed by atoms with van der Waals surface area (Å²) in [5.41, 5.74) is 1.61. The fourth-order valence-corrected chi connectivity index (χ4v) is 7.68. The van der Waals surface area contributed by atoms with Crippen molar-refractivity contribution < 1.29 is 18.0 Å². The van der Waals surface area contributed by atoms with Gasteiger partial charge in [-0.25, -0.2) is 8.42 Å². The Kier molecular flexibility index (Phi) is 6.71. The molecule has 3 aliphatic carbocycles. The Bertz CT molecular complexity index is 1350. The number of hydrogen-bond acceptors (Lipinski definition) is 8. The number of carbonyl (C=O) groups excluding carboxylic acids is 2. The van der Waals surface area contributed by atoms with E-state index in [4.69, 9.17) is 0 Å². The lowest BCUT2D eigenvalue weighted by atomic mass is 9.91. The standard InChI is InChI=1S/C25H35N7O4S2/c1-14-11-31(38(2,35)36)12-19(14)28-25-30-27-13-32(25)17-7-8-20-18(9-17)21(23(34)26-10-15-3-4-15)24(37-20)29-22(33)16-5-6-16/h13-17,19H,3-12H2,1-2H3,(H,26,34)(H,28,30)(H,29,33)/t14?,17-,19?/m0/s1. The second kappa shape index (κ2) is 9.91. The molecule has 2 unspecified atom stereocenters. The molecule has 6 rings (SSSR count). The highest BCUT2D eigenvalue weighted by molar-refractivity contribution is 7.88. The van der Waals surface area contributed by atoms with Gasteiger partial charge in [0.2, 0.25) is 21.9 Å². The highest BCUT2D eigenvalue weighted by Crippen LogP contribution is 2.43. The van der Waals surface area contributed by atoms with Crippen LogP contribution in [0.25, 0.3) is 0 Å². The molecule has 3 fully saturated rings. The van der Waals surface area contributed by atoms with Crippen LogP contribution in [0, 0.1) is 17.8 Å². The van der Waals surface area contributed by atoms with E-state index in [2.05, 4.69) is 26.1 Å². The van der Waals surface area contributed by atoms with Crippen molar-refractivity contribution in [3.63, 3.8) is 0 Å². The molecule has 2 amide bonds. The fourth-order valence-electron chi connectivity index (χ4n) is 5.50. The number of aryl methyl sites for hydroxylation is 1. The van der Waals surface area contributed by atoms with Crippen LogP contribution in [0.15, 0.2) is 6.33 Å². The van der Waals surface area contributed by atoms with Gasteiger partial charge in [-0.15, -0.1) is 21.5 Å². The minimum Gasteiger partial charge on any atom is -0.352 e. The Morgan fingerprint density at radius 3 is 2.63 bits per heavy atom. The van der Waals surface area contributed by atoms with Crippen LogP contribution in [-0.4, -0.2) is 71.2 Å². The molecule has 2 aromatic rings. The SMILES string of the molecule is CC1CN(S(C)(=O)=O)CC1Nc1nncn1[C@H]1CCc2sc(NC(=O)C3CC3)c(C(=O)NCC3CC3)c2C1. The van der Waals surface area contributed by atoms with E-state index >= 15 is 0 Å². The lowest BCUT2D eigenvalue weighted by Crippen LogP contribution is -2.32. The first-order chi connectivity index (χ1) is 18.2. The van der Waals surface area contributed by atoms with Crippen molar-refractivity contribution in [2.45, 2.75) is 64.0 Å². The number of nitrogens with one attached hydrogen (secondary N) is 3. The number of nitrogens with zero attached hydrogens (tertiary/aromatic N) is 4. The number of thiophene rings is 1. The lowest BCUT2D eigenvalue weighted by Gasteiger charge is -2.26. The lowest BCUT2D eigenvalue weighted by molar-refractivity contribution is -0.117. The Labute approximate surface area is 226 Å². The van der Waals surface area contributed by atoms with Gasteiger partial charge >= 0.3 is 0 Å². The molecule has 0 spiro atoms. The summed E-state index contributed by atoms with van der Waals surface area (Å²) < 4.78 is 27.6. The number of carbonyl (C=O) groups is 2. The van der Waals surface area contributed by atoms with Crippen molar-refractivity contribution in [1.82, 2.24) is 24.4 Å². The molecule has 2 aromatic heterocycles. The van der Waals surface area contributed by atoms with Gasteiger partial charge in [0, 0.05) is 42.5 Å². The number of hydrogen-bond donors (Lipinski definition) is 3. The summed E-state index contributed by atoms with van der Waals surface area (Å²) >= 11 is 1.53. The van der Waals surface area contributed by atoms with Gasteiger partial charge in [0.15, 0.2) is 0 Å². The number of fused-ring (bicyclic) bond motifs is 1. The minimum atomic E-state index is -3.25. The number of anilines is 2. The molecule has 206 valence electrons. The zero-order valence-electron chi connectivity index (χ0n) is 21.8. The van der Waals surface area contributed by atoms with Gasteiger partial charge in [0.1, 0.15) is 11.3 Å². The van der Waals surface area contributed by atoms with Crippen LogP contribution in [0.4, 0.5) is 10.9 Å². The summed E-state index contributed by atoms with van der Waals surface area (Å²) in [4.78, 5) is 27.1. The van der Waals surface area contributed by atoms with Crippen LogP contribution < -0.4 is 16.0 Å². The molecule has 0 bridgehead atoms. The van der Waals surface area contributed by atoms with Crippen molar-refractivity contribution in [1.29, 1.82) is 0 Å². The summed E-state index contributed by atoms with van der Waals surface area (Å²) in [5.74, 6) is 1.27. The van der Waals surface area contributed by atoms with E-state index in [9.17, 15) is 18.0 Å². The molecule has 3 N–H and O–H groups in total. The maximum atomic E-state index is 13.4. The third-order valence-corrected chi connectivity index (χ3v) is 10.7. The highest BCUT2D eigenvalue weighted by atomic mass is 32.2. The predicted molar refractivity (Wildman–Crippen MR) is 145 cm³/mol. The van der Waals surface area contributed by atoms with E-state index in [1.807, 2.05) is 11.5 Å². The monoisotopic (exact) mass is 561 g/mol. The summed E-state index contributed by atoms with van der Waals surface area (Å²) in [6, 6.07) is -0.0275. The third-order valence-electron chi connectivity index (χ3n) is 8.22. The number of sulfonamides is 1. The Balaban J connectivity index is 1.22. The van der Waals surface area contributed by atoms with Crippen LogP contribution >= 0.6 is 11.3 Å². The fraction of sp³-hybridized carbons (Fsp3) is 0.680. The molecule has 11 nitrogen and oxygen atoms in total. The molecule has 2 saturated carbocycles. The van der Waals surface area contributed by atoms with Crippen LogP contribution in [0.2, 0.25) is 0 Å². The van der Waals surface area contributed by atoms with Gasteiger partial charge in [-0.05, 0) is 62.3 Å². The van der Waals surface area contributed by atoms with E-state index in [1.54, 1.807) is 6.33 Å². The van der Waals surface area contributed by atoms with E-state index in [-0.39, 0.29) is 35.7 Å². The molecule has 4 aliphatic rings. The molecular formula is C25H35N7O4S2. The van der Waals surface area contributed by atoms with E-state index in [1.165, 1.54) is 21.9 Å². The molecular weight excluding hydrogens is 526 g/mol. The molecule has 1 aliphatic heterocycles. The Morgan fingerprint density at radius 2 is 1.95 bits per heavy atom. The summed E-state index contributed by atoms with van der Waals surface area (Å²) in [7, 11) is -3.25.